The lowest BCUT2D eigenvalue weighted by molar-refractivity contribution is -0.167. The van der Waals surface area contributed by atoms with Gasteiger partial charge in [0.25, 0.3) is 0 Å². The van der Waals surface area contributed by atoms with Crippen molar-refractivity contribution < 1.29 is 28.6 Å². The maximum absolute atomic E-state index is 12.7. The first-order chi connectivity index (χ1) is 25.3. The van der Waals surface area contributed by atoms with Gasteiger partial charge in [-0.15, -0.1) is 0 Å². The fraction of sp³-hybridized carbons (Fsp3) is 0.935. The quantitative estimate of drug-likeness (QED) is 0.0354. The van der Waals surface area contributed by atoms with E-state index in [1.54, 1.807) is 0 Å². The number of unbranched alkanes of at least 4 members (excludes halogenated alkanes) is 23. The van der Waals surface area contributed by atoms with Crippen LogP contribution in [-0.4, -0.2) is 37.2 Å². The number of ether oxygens (including phenoxy) is 3. The predicted octanol–water partition coefficient (Wildman–Crippen LogP) is 14.2. The van der Waals surface area contributed by atoms with E-state index in [4.69, 9.17) is 14.2 Å². The van der Waals surface area contributed by atoms with E-state index in [0.29, 0.717) is 19.3 Å². The Morgan fingerprint density at radius 3 is 1.00 bits per heavy atom. The second-order valence-electron chi connectivity index (χ2n) is 16.2. The molecule has 2 unspecified atom stereocenters. The molecule has 3 atom stereocenters. The molecule has 0 N–H and O–H groups in total. The summed E-state index contributed by atoms with van der Waals surface area (Å²) < 4.78 is 16.7. The molecule has 0 heterocycles. The van der Waals surface area contributed by atoms with E-state index in [9.17, 15) is 14.4 Å². The Bertz CT molecular complexity index is 798. The van der Waals surface area contributed by atoms with Crippen LogP contribution in [0.2, 0.25) is 0 Å². The predicted molar refractivity (Wildman–Crippen MR) is 220 cm³/mol. The summed E-state index contributed by atoms with van der Waals surface area (Å²) in [5.74, 6) is 0.818. The smallest absolute Gasteiger partial charge is 0.306 e. The van der Waals surface area contributed by atoms with E-state index >= 15 is 0 Å². The van der Waals surface area contributed by atoms with Gasteiger partial charge in [-0.1, -0.05) is 208 Å². The molecule has 0 aliphatic heterocycles. The average molecular weight is 737 g/mol. The molecule has 308 valence electrons. The summed E-state index contributed by atoms with van der Waals surface area (Å²) in [4.78, 5) is 37.7. The second kappa shape index (κ2) is 39.1. The van der Waals surface area contributed by atoms with Gasteiger partial charge in [0.2, 0.25) is 0 Å². The Balaban J connectivity index is 4.33. The van der Waals surface area contributed by atoms with Gasteiger partial charge in [-0.3, -0.25) is 14.4 Å². The zero-order valence-electron chi connectivity index (χ0n) is 35.4. The molecule has 0 aliphatic carbocycles. The fourth-order valence-electron chi connectivity index (χ4n) is 6.69. The van der Waals surface area contributed by atoms with Crippen LogP contribution in [0.4, 0.5) is 0 Å². The third-order valence-electron chi connectivity index (χ3n) is 10.9. The lowest BCUT2D eigenvalue weighted by Crippen LogP contribution is -2.30. The molecular formula is C46H88O6. The number of esters is 3. The van der Waals surface area contributed by atoms with E-state index in [1.165, 1.54) is 135 Å². The summed E-state index contributed by atoms with van der Waals surface area (Å²) >= 11 is 0. The van der Waals surface area contributed by atoms with Crippen molar-refractivity contribution in [2.75, 3.05) is 13.2 Å². The van der Waals surface area contributed by atoms with Crippen molar-refractivity contribution in [1.82, 2.24) is 0 Å². The van der Waals surface area contributed by atoms with E-state index in [0.717, 1.165) is 69.6 Å². The molecule has 0 bridgehead atoms. The Labute approximate surface area is 323 Å². The van der Waals surface area contributed by atoms with Crippen molar-refractivity contribution in [2.45, 2.75) is 253 Å². The fourth-order valence-corrected chi connectivity index (χ4v) is 6.69. The molecule has 0 rings (SSSR count). The zero-order chi connectivity index (χ0) is 38.3. The SMILES string of the molecule is CCCCCCCCCCCCC(=O)OC[C@H](COC(=O)CCCCCCCCCCCCC(C)CC)OC(=O)CCCCCCCCC(C)CC. The first-order valence-corrected chi connectivity index (χ1v) is 22.8. The van der Waals surface area contributed by atoms with Crippen molar-refractivity contribution in [2.24, 2.45) is 11.8 Å². The maximum atomic E-state index is 12.7. The van der Waals surface area contributed by atoms with Crippen LogP contribution in [0.3, 0.4) is 0 Å². The van der Waals surface area contributed by atoms with Gasteiger partial charge in [-0.25, -0.2) is 0 Å². The summed E-state index contributed by atoms with van der Waals surface area (Å²) in [6, 6.07) is 0. The van der Waals surface area contributed by atoms with Crippen molar-refractivity contribution in [3.63, 3.8) is 0 Å². The standard InChI is InChI=1S/C46H88O6/c1-6-9-10-11-12-13-17-20-26-31-36-44(47)50-39-43(52-46(49)38-33-28-23-22-25-30-35-42(5)8-3)40-51-45(48)37-32-27-21-18-15-14-16-19-24-29-34-41(4)7-2/h41-43H,6-40H2,1-5H3/t41?,42?,43-/m1/s1. The summed E-state index contributed by atoms with van der Waals surface area (Å²) in [6.45, 7) is 11.3. The van der Waals surface area contributed by atoms with E-state index in [2.05, 4.69) is 34.6 Å². The molecule has 6 heteroatoms. The molecule has 6 nitrogen and oxygen atoms in total. The zero-order valence-corrected chi connectivity index (χ0v) is 35.4. The second-order valence-corrected chi connectivity index (χ2v) is 16.2. The molecule has 0 saturated heterocycles. The highest BCUT2D eigenvalue weighted by atomic mass is 16.6. The number of hydrogen-bond acceptors (Lipinski definition) is 6. The Hall–Kier alpha value is -1.59. The highest BCUT2D eigenvalue weighted by molar-refractivity contribution is 5.71. The van der Waals surface area contributed by atoms with Crippen molar-refractivity contribution in [3.8, 4) is 0 Å². The molecule has 0 radical (unpaired) electrons. The van der Waals surface area contributed by atoms with Gasteiger partial charge < -0.3 is 14.2 Å². The minimum absolute atomic E-state index is 0.0658. The number of carbonyl (C=O) groups is 3. The lowest BCUT2D eigenvalue weighted by Gasteiger charge is -2.18. The number of carbonyl (C=O) groups excluding carboxylic acids is 3. The topological polar surface area (TPSA) is 78.9 Å². The largest absolute Gasteiger partial charge is 0.462 e. The van der Waals surface area contributed by atoms with Crippen LogP contribution in [-0.2, 0) is 28.6 Å². The molecule has 0 fully saturated rings. The van der Waals surface area contributed by atoms with Gasteiger partial charge in [0.1, 0.15) is 13.2 Å². The van der Waals surface area contributed by atoms with Crippen LogP contribution in [0.5, 0.6) is 0 Å². The van der Waals surface area contributed by atoms with Gasteiger partial charge in [0, 0.05) is 19.3 Å². The summed E-state index contributed by atoms with van der Waals surface area (Å²) in [7, 11) is 0. The van der Waals surface area contributed by atoms with Crippen LogP contribution < -0.4 is 0 Å². The first-order valence-electron chi connectivity index (χ1n) is 22.8. The monoisotopic (exact) mass is 737 g/mol. The Morgan fingerprint density at radius 2 is 0.673 bits per heavy atom. The molecule has 0 aromatic rings. The summed E-state index contributed by atoms with van der Waals surface area (Å²) in [6.07, 6.45) is 36.5. The number of hydrogen-bond donors (Lipinski definition) is 0. The molecule has 0 saturated carbocycles. The highest BCUT2D eigenvalue weighted by Crippen LogP contribution is 2.17. The minimum atomic E-state index is -0.760. The normalized spacial score (nSPS) is 13.1. The van der Waals surface area contributed by atoms with Crippen LogP contribution in [0.1, 0.15) is 247 Å². The highest BCUT2D eigenvalue weighted by Gasteiger charge is 2.19. The van der Waals surface area contributed by atoms with Crippen molar-refractivity contribution in [3.05, 3.63) is 0 Å². The van der Waals surface area contributed by atoms with E-state index in [1.807, 2.05) is 0 Å². The van der Waals surface area contributed by atoms with Crippen LogP contribution in [0, 0.1) is 11.8 Å². The van der Waals surface area contributed by atoms with Crippen molar-refractivity contribution in [1.29, 1.82) is 0 Å². The third kappa shape index (κ3) is 36.8. The van der Waals surface area contributed by atoms with Gasteiger partial charge in [-0.05, 0) is 31.1 Å². The van der Waals surface area contributed by atoms with Gasteiger partial charge in [0.15, 0.2) is 6.10 Å². The average Bonchev–Trinajstić information content (AvgIpc) is 3.14. The van der Waals surface area contributed by atoms with Crippen molar-refractivity contribution >= 4 is 17.9 Å². The molecule has 0 aromatic heterocycles. The molecule has 0 aromatic carbocycles. The lowest BCUT2D eigenvalue weighted by atomic mass is 9.99. The molecular weight excluding hydrogens is 648 g/mol. The van der Waals surface area contributed by atoms with Crippen LogP contribution in [0.25, 0.3) is 0 Å². The molecule has 0 amide bonds. The van der Waals surface area contributed by atoms with Gasteiger partial charge in [-0.2, -0.15) is 0 Å². The van der Waals surface area contributed by atoms with Crippen LogP contribution >= 0.6 is 0 Å². The van der Waals surface area contributed by atoms with Gasteiger partial charge >= 0.3 is 17.9 Å². The number of rotatable bonds is 40. The Kier molecular flexibility index (Phi) is 37.9. The molecule has 0 spiro atoms. The van der Waals surface area contributed by atoms with Crippen LogP contribution in [0.15, 0.2) is 0 Å². The van der Waals surface area contributed by atoms with E-state index < -0.39 is 6.10 Å². The first kappa shape index (κ1) is 50.4. The Morgan fingerprint density at radius 1 is 0.385 bits per heavy atom. The van der Waals surface area contributed by atoms with E-state index in [-0.39, 0.29) is 31.1 Å². The van der Waals surface area contributed by atoms with Gasteiger partial charge in [0.05, 0.1) is 0 Å². The minimum Gasteiger partial charge on any atom is -0.462 e. The molecule has 0 aliphatic rings. The maximum Gasteiger partial charge on any atom is 0.306 e. The molecule has 52 heavy (non-hydrogen) atoms. The summed E-state index contributed by atoms with van der Waals surface area (Å²) in [5.41, 5.74) is 0. The third-order valence-corrected chi connectivity index (χ3v) is 10.9. The summed E-state index contributed by atoms with van der Waals surface area (Å²) in [5, 5.41) is 0.